The maximum Gasteiger partial charge on any atom is 0.210 e. The highest BCUT2D eigenvalue weighted by molar-refractivity contribution is 5.93. The average molecular weight is 220 g/mol. The van der Waals surface area contributed by atoms with Crippen molar-refractivity contribution >= 4 is 11.6 Å². The molecule has 0 aliphatic heterocycles. The molecular formula is C12H20N4. The summed E-state index contributed by atoms with van der Waals surface area (Å²) in [6.45, 7) is 5.09. The number of benzene rings is 1. The molecule has 0 saturated carbocycles. The van der Waals surface area contributed by atoms with E-state index >= 15 is 0 Å². The van der Waals surface area contributed by atoms with Gasteiger partial charge in [0.1, 0.15) is 0 Å². The van der Waals surface area contributed by atoms with E-state index in [4.69, 9.17) is 5.84 Å². The van der Waals surface area contributed by atoms with E-state index in [2.05, 4.69) is 29.6 Å². The Bertz CT molecular complexity index is 321. The van der Waals surface area contributed by atoms with E-state index in [0.29, 0.717) is 11.9 Å². The number of nitrogens with two attached hydrogens (primary N) is 1. The van der Waals surface area contributed by atoms with Gasteiger partial charge in [0.25, 0.3) is 0 Å². The van der Waals surface area contributed by atoms with E-state index < -0.39 is 0 Å². The van der Waals surface area contributed by atoms with Crippen molar-refractivity contribution in [3.8, 4) is 0 Å². The molecular weight excluding hydrogens is 200 g/mol. The first-order valence-corrected chi connectivity index (χ1v) is 5.59. The summed E-state index contributed by atoms with van der Waals surface area (Å²) >= 11 is 0. The Morgan fingerprint density at radius 2 is 2.06 bits per heavy atom. The molecule has 1 unspecified atom stereocenters. The molecule has 4 heteroatoms. The summed E-state index contributed by atoms with van der Waals surface area (Å²) < 4.78 is 0. The number of aliphatic imine (C=N–C) groups is 1. The lowest BCUT2D eigenvalue weighted by Crippen LogP contribution is -2.36. The maximum absolute atomic E-state index is 5.40. The van der Waals surface area contributed by atoms with Crippen molar-refractivity contribution in [3.63, 3.8) is 0 Å². The van der Waals surface area contributed by atoms with Crippen LogP contribution in [0.4, 0.5) is 5.69 Å². The molecule has 1 aromatic rings. The third-order valence-electron chi connectivity index (χ3n) is 2.43. The zero-order valence-corrected chi connectivity index (χ0v) is 9.90. The zero-order valence-electron chi connectivity index (χ0n) is 9.90. The molecule has 0 aliphatic rings. The van der Waals surface area contributed by atoms with Gasteiger partial charge in [0.05, 0.1) is 0 Å². The Morgan fingerprint density at radius 3 is 2.62 bits per heavy atom. The minimum atomic E-state index is 0.570. The Kier molecular flexibility index (Phi) is 5.36. The number of hydrazine groups is 1. The number of guanidine groups is 1. The van der Waals surface area contributed by atoms with Crippen molar-refractivity contribution in [2.24, 2.45) is 16.8 Å². The minimum Gasteiger partial charge on any atom is -0.325 e. The van der Waals surface area contributed by atoms with Gasteiger partial charge in [0.15, 0.2) is 0 Å². The summed E-state index contributed by atoms with van der Waals surface area (Å²) in [5, 5.41) is 3.12. The Balaban J connectivity index is 2.55. The molecule has 1 atom stereocenters. The van der Waals surface area contributed by atoms with E-state index in [1.807, 2.05) is 30.3 Å². The first kappa shape index (κ1) is 12.5. The lowest BCUT2D eigenvalue weighted by Gasteiger charge is -2.10. The number of para-hydroxylation sites is 1. The molecule has 16 heavy (non-hydrogen) atoms. The van der Waals surface area contributed by atoms with Gasteiger partial charge < -0.3 is 5.32 Å². The number of hydrogen-bond acceptors (Lipinski definition) is 2. The summed E-state index contributed by atoms with van der Waals surface area (Å²) in [5.41, 5.74) is 3.54. The molecule has 0 amide bonds. The molecule has 4 nitrogen and oxygen atoms in total. The van der Waals surface area contributed by atoms with Crippen molar-refractivity contribution in [1.82, 2.24) is 5.43 Å². The molecule has 0 bridgehead atoms. The Morgan fingerprint density at radius 1 is 1.38 bits per heavy atom. The normalized spacial score (nSPS) is 13.3. The van der Waals surface area contributed by atoms with Crippen LogP contribution in [0.5, 0.6) is 0 Å². The maximum atomic E-state index is 5.40. The smallest absolute Gasteiger partial charge is 0.210 e. The van der Waals surface area contributed by atoms with Crippen LogP contribution in [0, 0.1) is 5.92 Å². The van der Waals surface area contributed by atoms with Gasteiger partial charge in [-0.05, 0) is 18.1 Å². The Hall–Kier alpha value is -1.55. The molecule has 88 valence electrons. The average Bonchev–Trinajstić information content (AvgIpc) is 2.35. The molecule has 1 rings (SSSR count). The first-order valence-electron chi connectivity index (χ1n) is 5.59. The molecule has 4 N–H and O–H groups in total. The van der Waals surface area contributed by atoms with E-state index in [0.717, 1.165) is 18.7 Å². The quantitative estimate of drug-likeness (QED) is 0.314. The highest BCUT2D eigenvalue weighted by Gasteiger charge is 1.99. The summed E-state index contributed by atoms with van der Waals surface area (Å²) in [4.78, 5) is 4.38. The van der Waals surface area contributed by atoms with Gasteiger partial charge in [0, 0.05) is 12.2 Å². The molecule has 0 aliphatic carbocycles. The molecule has 0 radical (unpaired) electrons. The highest BCUT2D eigenvalue weighted by Crippen LogP contribution is 2.05. The predicted molar refractivity (Wildman–Crippen MR) is 69.1 cm³/mol. The molecule has 0 aromatic heterocycles. The minimum absolute atomic E-state index is 0.570. The summed E-state index contributed by atoms with van der Waals surface area (Å²) in [7, 11) is 0. The van der Waals surface area contributed by atoms with Crippen LogP contribution in [-0.4, -0.2) is 12.5 Å². The van der Waals surface area contributed by atoms with Crippen LogP contribution in [0.3, 0.4) is 0 Å². The van der Waals surface area contributed by atoms with Gasteiger partial charge in [-0.2, -0.15) is 0 Å². The van der Waals surface area contributed by atoms with Crippen molar-refractivity contribution < 1.29 is 0 Å². The molecule has 0 spiro atoms. The summed E-state index contributed by atoms with van der Waals surface area (Å²) in [5.74, 6) is 6.58. The van der Waals surface area contributed by atoms with Crippen molar-refractivity contribution in [2.75, 3.05) is 11.9 Å². The van der Waals surface area contributed by atoms with Crippen LogP contribution in [0.2, 0.25) is 0 Å². The van der Waals surface area contributed by atoms with E-state index in [1.54, 1.807) is 0 Å². The monoisotopic (exact) mass is 220 g/mol. The number of hydrogen-bond donors (Lipinski definition) is 3. The molecule has 1 aromatic carbocycles. The second-order valence-electron chi connectivity index (χ2n) is 3.84. The van der Waals surface area contributed by atoms with E-state index in [9.17, 15) is 0 Å². The molecule has 0 heterocycles. The first-order chi connectivity index (χ1) is 7.76. The van der Waals surface area contributed by atoms with Gasteiger partial charge in [-0.1, -0.05) is 38.5 Å². The number of rotatable bonds is 4. The lowest BCUT2D eigenvalue weighted by atomic mass is 10.1. The van der Waals surface area contributed by atoms with Crippen LogP contribution < -0.4 is 16.6 Å². The molecule has 0 fully saturated rings. The van der Waals surface area contributed by atoms with E-state index in [-0.39, 0.29) is 0 Å². The number of nitrogens with zero attached hydrogens (tertiary/aromatic N) is 1. The van der Waals surface area contributed by atoms with Gasteiger partial charge in [-0.25, -0.2) is 5.84 Å². The lowest BCUT2D eigenvalue weighted by molar-refractivity contribution is 0.575. The predicted octanol–water partition coefficient (Wildman–Crippen LogP) is 1.96. The second kappa shape index (κ2) is 6.85. The van der Waals surface area contributed by atoms with Crippen molar-refractivity contribution in [1.29, 1.82) is 0 Å². The fraction of sp³-hybridized carbons (Fsp3) is 0.417. The van der Waals surface area contributed by atoms with Gasteiger partial charge in [0.2, 0.25) is 5.96 Å². The third kappa shape index (κ3) is 4.31. The fourth-order valence-corrected chi connectivity index (χ4v) is 1.16. The summed E-state index contributed by atoms with van der Waals surface area (Å²) in [6, 6.07) is 9.83. The number of anilines is 1. The largest absolute Gasteiger partial charge is 0.325 e. The Labute approximate surface area is 96.9 Å². The van der Waals surface area contributed by atoms with Gasteiger partial charge >= 0.3 is 0 Å². The number of nitrogens with one attached hydrogen (secondary N) is 2. The van der Waals surface area contributed by atoms with Crippen molar-refractivity contribution in [2.45, 2.75) is 20.3 Å². The summed E-state index contributed by atoms with van der Waals surface area (Å²) in [6.07, 6.45) is 1.12. The van der Waals surface area contributed by atoms with Crippen LogP contribution in [-0.2, 0) is 0 Å². The zero-order chi connectivity index (χ0) is 11.8. The highest BCUT2D eigenvalue weighted by atomic mass is 15.3. The van der Waals surface area contributed by atoms with Gasteiger partial charge in [-0.15, -0.1) is 0 Å². The second-order valence-corrected chi connectivity index (χ2v) is 3.84. The third-order valence-corrected chi connectivity index (χ3v) is 2.43. The van der Waals surface area contributed by atoms with Crippen molar-refractivity contribution in [3.05, 3.63) is 30.3 Å². The van der Waals surface area contributed by atoms with Gasteiger partial charge in [-0.3, -0.25) is 10.4 Å². The van der Waals surface area contributed by atoms with E-state index in [1.165, 1.54) is 0 Å². The van der Waals surface area contributed by atoms with Crippen LogP contribution >= 0.6 is 0 Å². The SMILES string of the molecule is CCC(C)CN=C(NN)Nc1ccccc1. The topological polar surface area (TPSA) is 62.4 Å². The fourth-order valence-electron chi connectivity index (χ4n) is 1.16. The van der Waals surface area contributed by atoms with Crippen LogP contribution in [0.25, 0.3) is 0 Å². The van der Waals surface area contributed by atoms with Crippen LogP contribution in [0.15, 0.2) is 35.3 Å². The standard InChI is InChI=1S/C12H20N4/c1-3-10(2)9-14-12(16-13)15-11-7-5-4-6-8-11/h4-8,10H,3,9,13H2,1-2H3,(H2,14,15,16). The molecule has 0 saturated heterocycles. The van der Waals surface area contributed by atoms with Crippen LogP contribution in [0.1, 0.15) is 20.3 Å².